The average molecular weight is 184 g/mol. The van der Waals surface area contributed by atoms with Gasteiger partial charge in [0, 0.05) is 25.2 Å². The molecule has 2 atom stereocenters. The van der Waals surface area contributed by atoms with Gasteiger partial charge >= 0.3 is 6.09 Å². The zero-order valence-electron chi connectivity index (χ0n) is 7.86. The smallest absolute Gasteiger partial charge is 0.407 e. The third kappa shape index (κ3) is 2.21. The van der Waals surface area contributed by atoms with Gasteiger partial charge in [-0.25, -0.2) is 4.79 Å². The molecule has 1 aliphatic heterocycles. The molecule has 0 radical (unpaired) electrons. The molecule has 0 aliphatic carbocycles. The summed E-state index contributed by atoms with van der Waals surface area (Å²) < 4.78 is 0. The molecule has 4 nitrogen and oxygen atoms in total. The molecule has 4 heteroatoms. The number of rotatable bonds is 3. The van der Waals surface area contributed by atoms with E-state index in [9.17, 15) is 4.79 Å². The minimum absolute atomic E-state index is 0.0671. The Morgan fingerprint density at radius 3 is 3.00 bits per heavy atom. The van der Waals surface area contributed by atoms with Crippen LogP contribution in [-0.4, -0.2) is 41.3 Å². The molecule has 0 aromatic heterocycles. The van der Waals surface area contributed by atoms with Crippen LogP contribution >= 0.6 is 0 Å². The van der Waals surface area contributed by atoms with Gasteiger partial charge in [-0.3, -0.25) is 0 Å². The summed E-state index contributed by atoms with van der Waals surface area (Å²) in [5.74, 6) is 0. The highest BCUT2D eigenvalue weighted by molar-refractivity contribution is 5.66. The maximum atomic E-state index is 10.7. The molecule has 0 spiro atoms. The largest absolute Gasteiger partial charge is 0.465 e. The van der Waals surface area contributed by atoms with Crippen LogP contribution in [0.5, 0.6) is 0 Å². The Hall–Kier alpha value is -1.03. The number of nitrogens with zero attached hydrogens (tertiary/aromatic N) is 1. The molecule has 0 aromatic rings. The third-order valence-corrected chi connectivity index (χ3v) is 2.53. The maximum absolute atomic E-state index is 10.7. The second kappa shape index (κ2) is 4.28. The van der Waals surface area contributed by atoms with Crippen molar-refractivity contribution in [3.8, 4) is 0 Å². The second-order valence-electron chi connectivity index (χ2n) is 3.31. The van der Waals surface area contributed by atoms with E-state index in [1.165, 1.54) is 4.90 Å². The van der Waals surface area contributed by atoms with Crippen LogP contribution in [0.4, 0.5) is 4.79 Å². The highest BCUT2D eigenvalue weighted by Gasteiger charge is 2.32. The molecule has 2 N–H and O–H groups in total. The quantitative estimate of drug-likeness (QED) is 0.641. The van der Waals surface area contributed by atoms with Crippen molar-refractivity contribution in [1.29, 1.82) is 0 Å². The first-order valence-electron chi connectivity index (χ1n) is 4.50. The van der Waals surface area contributed by atoms with Crippen molar-refractivity contribution in [1.82, 2.24) is 10.2 Å². The van der Waals surface area contributed by atoms with Crippen LogP contribution in [0.3, 0.4) is 0 Å². The van der Waals surface area contributed by atoms with Crippen LogP contribution < -0.4 is 5.32 Å². The fourth-order valence-electron chi connectivity index (χ4n) is 1.72. The molecule has 1 fully saturated rings. The molecule has 0 aromatic carbocycles. The molecule has 1 heterocycles. The van der Waals surface area contributed by atoms with Gasteiger partial charge in [0.1, 0.15) is 0 Å². The van der Waals surface area contributed by atoms with Gasteiger partial charge in [-0.1, -0.05) is 6.08 Å². The fraction of sp³-hybridized carbons (Fsp3) is 0.667. The fourth-order valence-corrected chi connectivity index (χ4v) is 1.72. The van der Waals surface area contributed by atoms with Gasteiger partial charge in [-0.2, -0.15) is 0 Å². The molecule has 1 unspecified atom stereocenters. The van der Waals surface area contributed by atoms with E-state index in [0.29, 0.717) is 6.54 Å². The summed E-state index contributed by atoms with van der Waals surface area (Å²) in [4.78, 5) is 12.2. The number of hydrogen-bond acceptors (Lipinski definition) is 2. The molecule has 1 rings (SSSR count). The third-order valence-electron chi connectivity index (χ3n) is 2.53. The number of carboxylic acid groups (broad SMARTS) is 1. The van der Waals surface area contributed by atoms with Gasteiger partial charge in [0.25, 0.3) is 0 Å². The van der Waals surface area contributed by atoms with E-state index in [-0.39, 0.29) is 12.1 Å². The monoisotopic (exact) mass is 184 g/mol. The zero-order chi connectivity index (χ0) is 9.84. The highest BCUT2D eigenvalue weighted by atomic mass is 16.4. The Balaban J connectivity index is 2.44. The van der Waals surface area contributed by atoms with E-state index < -0.39 is 6.09 Å². The summed E-state index contributed by atoms with van der Waals surface area (Å²) in [5.41, 5.74) is 0. The number of hydrogen-bond donors (Lipinski definition) is 2. The van der Waals surface area contributed by atoms with E-state index in [0.717, 1.165) is 13.0 Å². The van der Waals surface area contributed by atoms with E-state index in [1.54, 1.807) is 6.08 Å². The predicted octanol–water partition coefficient (Wildman–Crippen LogP) is 0.903. The Kier molecular flexibility index (Phi) is 3.31. The molecular weight excluding hydrogens is 168 g/mol. The number of likely N-dealkylation sites (tertiary alicyclic amines) is 1. The van der Waals surface area contributed by atoms with Crippen LogP contribution in [0.2, 0.25) is 0 Å². The van der Waals surface area contributed by atoms with Crippen LogP contribution in [-0.2, 0) is 0 Å². The molecule has 1 amide bonds. The lowest BCUT2D eigenvalue weighted by molar-refractivity contribution is 0.140. The zero-order valence-corrected chi connectivity index (χ0v) is 7.86. The number of nitrogens with one attached hydrogen (secondary N) is 1. The predicted molar refractivity (Wildman–Crippen MR) is 50.8 cm³/mol. The van der Waals surface area contributed by atoms with Crippen molar-refractivity contribution in [2.45, 2.75) is 25.4 Å². The van der Waals surface area contributed by atoms with Gasteiger partial charge < -0.3 is 15.3 Å². The summed E-state index contributed by atoms with van der Waals surface area (Å²) >= 11 is 0. The van der Waals surface area contributed by atoms with Gasteiger partial charge in [0.15, 0.2) is 0 Å². The molecule has 0 bridgehead atoms. The minimum Gasteiger partial charge on any atom is -0.465 e. The molecule has 74 valence electrons. The molecular formula is C9H16N2O2. The van der Waals surface area contributed by atoms with Gasteiger partial charge in [-0.15, -0.1) is 6.58 Å². The summed E-state index contributed by atoms with van der Waals surface area (Å²) in [6, 6.07) is 0.339. The second-order valence-corrected chi connectivity index (χ2v) is 3.31. The van der Waals surface area contributed by atoms with Crippen molar-refractivity contribution in [3.05, 3.63) is 12.7 Å². The molecule has 1 saturated heterocycles. The van der Waals surface area contributed by atoms with Gasteiger partial charge in [0.05, 0.1) is 0 Å². The summed E-state index contributed by atoms with van der Waals surface area (Å²) in [5, 5.41) is 12.0. The molecule has 1 aliphatic rings. The minimum atomic E-state index is -0.824. The number of carbonyl (C=O) groups is 1. The van der Waals surface area contributed by atoms with Gasteiger partial charge in [-0.05, 0) is 13.3 Å². The van der Waals surface area contributed by atoms with E-state index in [2.05, 4.69) is 11.9 Å². The van der Waals surface area contributed by atoms with Gasteiger partial charge in [0.2, 0.25) is 0 Å². The summed E-state index contributed by atoms with van der Waals surface area (Å²) in [6.45, 7) is 6.91. The standard InChI is InChI=1S/C9H16N2O2/c1-3-5-10-8-4-6-11(7(8)2)9(12)13/h3,7-8,10H,1,4-6H2,2H3,(H,12,13)/t7-,8?/m1/s1. The SMILES string of the molecule is C=CCNC1CCN(C(=O)O)[C@@H]1C. The molecule has 13 heavy (non-hydrogen) atoms. The van der Waals surface area contributed by atoms with E-state index >= 15 is 0 Å². The van der Waals surface area contributed by atoms with E-state index in [4.69, 9.17) is 5.11 Å². The molecule has 0 saturated carbocycles. The lowest BCUT2D eigenvalue weighted by Crippen LogP contribution is -2.42. The Morgan fingerprint density at radius 2 is 2.54 bits per heavy atom. The first kappa shape index (κ1) is 10.1. The van der Waals surface area contributed by atoms with Crippen molar-refractivity contribution < 1.29 is 9.90 Å². The van der Waals surface area contributed by atoms with E-state index in [1.807, 2.05) is 6.92 Å². The first-order chi connectivity index (χ1) is 6.16. The Morgan fingerprint density at radius 1 is 1.85 bits per heavy atom. The topological polar surface area (TPSA) is 52.6 Å². The summed E-state index contributed by atoms with van der Waals surface area (Å²) in [6.07, 6.45) is 1.85. The normalized spacial score (nSPS) is 27.6. The van der Waals surface area contributed by atoms with Crippen LogP contribution in [0.1, 0.15) is 13.3 Å². The lowest BCUT2D eigenvalue weighted by atomic mass is 10.1. The Bertz CT molecular complexity index is 206. The van der Waals surface area contributed by atoms with Crippen molar-refractivity contribution >= 4 is 6.09 Å². The average Bonchev–Trinajstić information content (AvgIpc) is 2.43. The maximum Gasteiger partial charge on any atom is 0.407 e. The first-order valence-corrected chi connectivity index (χ1v) is 4.50. The van der Waals surface area contributed by atoms with Crippen molar-refractivity contribution in [2.75, 3.05) is 13.1 Å². The van der Waals surface area contributed by atoms with Crippen molar-refractivity contribution in [2.24, 2.45) is 0 Å². The van der Waals surface area contributed by atoms with Crippen LogP contribution in [0.25, 0.3) is 0 Å². The highest BCUT2D eigenvalue weighted by Crippen LogP contribution is 2.17. The number of amides is 1. The Labute approximate surface area is 78.2 Å². The summed E-state index contributed by atoms with van der Waals surface area (Å²) in [7, 11) is 0. The van der Waals surface area contributed by atoms with Crippen LogP contribution in [0, 0.1) is 0 Å². The van der Waals surface area contributed by atoms with Crippen molar-refractivity contribution in [3.63, 3.8) is 0 Å². The lowest BCUT2D eigenvalue weighted by Gasteiger charge is -2.22. The van der Waals surface area contributed by atoms with Crippen LogP contribution in [0.15, 0.2) is 12.7 Å².